The minimum absolute atomic E-state index is 0.0709. The summed E-state index contributed by atoms with van der Waals surface area (Å²) < 4.78 is 4.51. The molecule has 5 nitrogen and oxygen atoms in total. The molecule has 0 aromatic heterocycles. The van der Waals surface area contributed by atoms with Gasteiger partial charge in [-0.2, -0.15) is 0 Å². The van der Waals surface area contributed by atoms with Crippen LogP contribution in [0.4, 0.5) is 4.79 Å². The molecule has 12 heavy (non-hydrogen) atoms. The molecule has 0 aliphatic carbocycles. The number of esters is 1. The van der Waals surface area contributed by atoms with Gasteiger partial charge in [-0.15, -0.1) is 0 Å². The first kappa shape index (κ1) is 10.7. The molecule has 0 aliphatic heterocycles. The van der Waals surface area contributed by atoms with Gasteiger partial charge in [0.1, 0.15) is 0 Å². The highest BCUT2D eigenvalue weighted by Gasteiger charge is 2.04. The molecule has 1 N–H and O–H groups in total. The van der Waals surface area contributed by atoms with Crippen molar-refractivity contribution in [1.29, 1.82) is 0 Å². The SMILES string of the molecule is CCN(C)C(=O)NCOC(C)=O. The summed E-state index contributed by atoms with van der Waals surface area (Å²) in [6, 6.07) is -0.251. The molecule has 2 amide bonds. The molecule has 0 aromatic rings. The third-order valence-electron chi connectivity index (χ3n) is 1.32. The van der Waals surface area contributed by atoms with Gasteiger partial charge in [0.05, 0.1) is 0 Å². The Morgan fingerprint density at radius 2 is 2.08 bits per heavy atom. The van der Waals surface area contributed by atoms with Gasteiger partial charge in [0.2, 0.25) is 0 Å². The number of carbonyl (C=O) groups is 2. The van der Waals surface area contributed by atoms with Crippen LogP contribution in [0.15, 0.2) is 0 Å². The molecule has 0 radical (unpaired) electrons. The Kier molecular flexibility index (Phi) is 4.83. The third-order valence-corrected chi connectivity index (χ3v) is 1.32. The van der Waals surface area contributed by atoms with Gasteiger partial charge in [-0.25, -0.2) is 4.79 Å². The third kappa shape index (κ3) is 4.54. The predicted molar refractivity (Wildman–Crippen MR) is 43.5 cm³/mol. The molecule has 0 unspecified atom stereocenters. The molecule has 0 saturated carbocycles. The van der Waals surface area contributed by atoms with Crippen LogP contribution in [-0.2, 0) is 9.53 Å². The second-order valence-electron chi connectivity index (χ2n) is 2.28. The molecule has 0 bridgehead atoms. The quantitative estimate of drug-likeness (QED) is 0.490. The molecule has 5 heteroatoms. The van der Waals surface area contributed by atoms with E-state index in [2.05, 4.69) is 10.1 Å². The number of carbonyl (C=O) groups excluding carboxylic acids is 2. The zero-order valence-corrected chi connectivity index (χ0v) is 7.59. The minimum Gasteiger partial charge on any atom is -0.445 e. The van der Waals surface area contributed by atoms with E-state index in [4.69, 9.17) is 0 Å². The van der Waals surface area contributed by atoms with E-state index in [1.165, 1.54) is 11.8 Å². The van der Waals surface area contributed by atoms with Crippen molar-refractivity contribution < 1.29 is 14.3 Å². The highest BCUT2D eigenvalue weighted by atomic mass is 16.5. The molecule has 0 fully saturated rings. The summed E-state index contributed by atoms with van der Waals surface area (Å²) >= 11 is 0. The fourth-order valence-electron chi connectivity index (χ4n) is 0.478. The molecule has 0 rings (SSSR count). The first-order valence-electron chi connectivity index (χ1n) is 3.70. The van der Waals surface area contributed by atoms with Crippen LogP contribution in [0, 0.1) is 0 Å². The van der Waals surface area contributed by atoms with Crippen LogP contribution in [0.5, 0.6) is 0 Å². The Bertz CT molecular complexity index is 170. The number of nitrogens with one attached hydrogen (secondary N) is 1. The van der Waals surface area contributed by atoms with Gasteiger partial charge in [-0.05, 0) is 6.92 Å². The van der Waals surface area contributed by atoms with Gasteiger partial charge in [-0.1, -0.05) is 0 Å². The van der Waals surface area contributed by atoms with Gasteiger partial charge in [0.25, 0.3) is 0 Å². The second-order valence-corrected chi connectivity index (χ2v) is 2.28. The van der Waals surface area contributed by atoms with E-state index in [-0.39, 0.29) is 12.8 Å². The van der Waals surface area contributed by atoms with Gasteiger partial charge >= 0.3 is 12.0 Å². The van der Waals surface area contributed by atoms with E-state index in [9.17, 15) is 9.59 Å². The maximum absolute atomic E-state index is 11.0. The van der Waals surface area contributed by atoms with Crippen LogP contribution in [0.1, 0.15) is 13.8 Å². The summed E-state index contributed by atoms with van der Waals surface area (Å²) in [6.07, 6.45) is 0. The number of urea groups is 1. The summed E-state index contributed by atoms with van der Waals surface area (Å²) in [5.74, 6) is -0.408. The van der Waals surface area contributed by atoms with Gasteiger partial charge in [0, 0.05) is 20.5 Å². The van der Waals surface area contributed by atoms with Crippen molar-refractivity contribution in [2.75, 3.05) is 20.3 Å². The molecule has 0 saturated heterocycles. The topological polar surface area (TPSA) is 58.6 Å². The van der Waals surface area contributed by atoms with Crippen LogP contribution < -0.4 is 5.32 Å². The summed E-state index contributed by atoms with van der Waals surface area (Å²) in [7, 11) is 1.66. The number of rotatable bonds is 3. The number of hydrogen-bond acceptors (Lipinski definition) is 3. The first-order chi connectivity index (χ1) is 5.57. The van der Waals surface area contributed by atoms with Crippen LogP contribution >= 0.6 is 0 Å². The molecule has 0 spiro atoms. The van der Waals surface area contributed by atoms with Crippen molar-refractivity contribution in [1.82, 2.24) is 10.2 Å². The Morgan fingerprint density at radius 1 is 1.50 bits per heavy atom. The number of hydrogen-bond donors (Lipinski definition) is 1. The normalized spacial score (nSPS) is 8.92. The molecule has 0 aliphatic rings. The largest absolute Gasteiger partial charge is 0.445 e. The average Bonchev–Trinajstić information content (AvgIpc) is 2.02. The summed E-state index contributed by atoms with van der Waals surface area (Å²) in [5, 5.41) is 2.41. The van der Waals surface area contributed by atoms with Crippen LogP contribution in [0.25, 0.3) is 0 Å². The predicted octanol–water partition coefficient (Wildman–Crippen LogP) is 0.168. The minimum atomic E-state index is -0.408. The van der Waals surface area contributed by atoms with Crippen molar-refractivity contribution in [3.63, 3.8) is 0 Å². The molecule has 70 valence electrons. The lowest BCUT2D eigenvalue weighted by Crippen LogP contribution is -2.38. The monoisotopic (exact) mass is 174 g/mol. The molecular formula is C7H14N2O3. The van der Waals surface area contributed by atoms with E-state index in [1.54, 1.807) is 7.05 Å². The Balaban J connectivity index is 3.50. The fourth-order valence-corrected chi connectivity index (χ4v) is 0.478. The number of ether oxygens (including phenoxy) is 1. The van der Waals surface area contributed by atoms with Crippen molar-refractivity contribution in [2.45, 2.75) is 13.8 Å². The first-order valence-corrected chi connectivity index (χ1v) is 3.70. The Morgan fingerprint density at radius 3 is 2.50 bits per heavy atom. The molecular weight excluding hydrogens is 160 g/mol. The molecule has 0 atom stereocenters. The highest BCUT2D eigenvalue weighted by molar-refractivity contribution is 5.74. The van der Waals surface area contributed by atoms with E-state index in [0.29, 0.717) is 6.54 Å². The van der Waals surface area contributed by atoms with Crippen LogP contribution in [0.3, 0.4) is 0 Å². The zero-order chi connectivity index (χ0) is 9.56. The lowest BCUT2D eigenvalue weighted by molar-refractivity contribution is -0.141. The van der Waals surface area contributed by atoms with Gasteiger partial charge in [0.15, 0.2) is 6.73 Å². The second kappa shape index (κ2) is 5.40. The van der Waals surface area contributed by atoms with Gasteiger partial charge in [-0.3, -0.25) is 4.79 Å². The number of amides is 2. The van der Waals surface area contributed by atoms with E-state index >= 15 is 0 Å². The zero-order valence-electron chi connectivity index (χ0n) is 7.59. The standard InChI is InChI=1S/C7H14N2O3/c1-4-9(3)7(11)8-5-12-6(2)10/h4-5H2,1-3H3,(H,8,11). The highest BCUT2D eigenvalue weighted by Crippen LogP contribution is 1.82. The average molecular weight is 174 g/mol. The van der Waals surface area contributed by atoms with Crippen molar-refractivity contribution in [3.8, 4) is 0 Å². The summed E-state index contributed by atoms with van der Waals surface area (Å²) in [6.45, 7) is 3.69. The molecule has 0 aromatic carbocycles. The molecule has 0 heterocycles. The van der Waals surface area contributed by atoms with Crippen LogP contribution in [-0.4, -0.2) is 37.2 Å². The van der Waals surface area contributed by atoms with Crippen molar-refractivity contribution in [2.24, 2.45) is 0 Å². The fraction of sp³-hybridized carbons (Fsp3) is 0.714. The summed E-state index contributed by atoms with van der Waals surface area (Å²) in [5.41, 5.74) is 0. The lowest BCUT2D eigenvalue weighted by Gasteiger charge is -2.14. The number of nitrogens with zero attached hydrogens (tertiary/aromatic N) is 1. The lowest BCUT2D eigenvalue weighted by atomic mass is 10.6. The van der Waals surface area contributed by atoms with E-state index in [0.717, 1.165) is 0 Å². The maximum Gasteiger partial charge on any atom is 0.319 e. The Hall–Kier alpha value is -1.26. The Labute approximate surface area is 71.7 Å². The van der Waals surface area contributed by atoms with Crippen LogP contribution in [0.2, 0.25) is 0 Å². The maximum atomic E-state index is 11.0. The van der Waals surface area contributed by atoms with E-state index < -0.39 is 5.97 Å². The van der Waals surface area contributed by atoms with E-state index in [1.807, 2.05) is 6.92 Å². The van der Waals surface area contributed by atoms with Crippen molar-refractivity contribution in [3.05, 3.63) is 0 Å². The van der Waals surface area contributed by atoms with Gasteiger partial charge < -0.3 is 15.0 Å². The summed E-state index contributed by atoms with van der Waals surface area (Å²) in [4.78, 5) is 22.7. The van der Waals surface area contributed by atoms with Crippen molar-refractivity contribution >= 4 is 12.0 Å². The smallest absolute Gasteiger partial charge is 0.319 e.